The lowest BCUT2D eigenvalue weighted by Crippen LogP contribution is -2.25. The molecule has 186 valence electrons. The number of nitrogens with zero attached hydrogens (tertiary/aromatic N) is 4. The fourth-order valence-corrected chi connectivity index (χ4v) is 3.74. The summed E-state index contributed by atoms with van der Waals surface area (Å²) in [5.74, 6) is -0.676. The summed E-state index contributed by atoms with van der Waals surface area (Å²) in [7, 11) is 0. The first-order valence-electron chi connectivity index (χ1n) is 11.3. The summed E-state index contributed by atoms with van der Waals surface area (Å²) in [4.78, 5) is 26.5. The van der Waals surface area contributed by atoms with Crippen molar-refractivity contribution >= 4 is 0 Å². The maximum absolute atomic E-state index is 14.0. The third kappa shape index (κ3) is 5.01. The van der Waals surface area contributed by atoms with Crippen molar-refractivity contribution < 1.29 is 18.6 Å². The molecule has 0 atom stereocenters. The molecule has 0 aliphatic rings. The molecular formula is C27H26F2N4O3. The number of halogens is 2. The van der Waals surface area contributed by atoms with Gasteiger partial charge in [0.2, 0.25) is 5.88 Å². The molecule has 0 saturated carbocycles. The molecule has 0 saturated heterocycles. The number of hydrogen-bond donors (Lipinski definition) is 1. The summed E-state index contributed by atoms with van der Waals surface area (Å²) in [6.07, 6.45) is 1.65. The molecule has 4 rings (SSSR count). The Morgan fingerprint density at radius 3 is 2.50 bits per heavy atom. The Labute approximate surface area is 207 Å². The van der Waals surface area contributed by atoms with Crippen molar-refractivity contribution in [1.29, 1.82) is 0 Å². The molecule has 2 heterocycles. The van der Waals surface area contributed by atoms with Crippen molar-refractivity contribution in [3.8, 4) is 22.8 Å². The summed E-state index contributed by atoms with van der Waals surface area (Å²) in [6, 6.07) is 10.5. The Morgan fingerprint density at radius 1 is 1.06 bits per heavy atom. The van der Waals surface area contributed by atoms with E-state index in [1.165, 1.54) is 10.6 Å². The maximum atomic E-state index is 14.0. The Morgan fingerprint density at radius 2 is 1.81 bits per heavy atom. The van der Waals surface area contributed by atoms with E-state index in [1.54, 1.807) is 46.0 Å². The summed E-state index contributed by atoms with van der Waals surface area (Å²) in [5, 5.41) is 10.3. The van der Waals surface area contributed by atoms with Gasteiger partial charge in [-0.1, -0.05) is 12.1 Å². The van der Waals surface area contributed by atoms with Crippen LogP contribution in [0, 0.1) is 32.4 Å². The van der Waals surface area contributed by atoms with Crippen LogP contribution in [0.25, 0.3) is 16.9 Å². The van der Waals surface area contributed by atoms with Crippen molar-refractivity contribution in [3.63, 3.8) is 0 Å². The molecule has 2 aromatic carbocycles. The van der Waals surface area contributed by atoms with Crippen molar-refractivity contribution in [1.82, 2.24) is 19.5 Å². The van der Waals surface area contributed by atoms with Crippen LogP contribution in [-0.4, -0.2) is 24.6 Å². The van der Waals surface area contributed by atoms with Crippen LogP contribution in [0.4, 0.5) is 8.78 Å². The Hall–Kier alpha value is -3.98. The minimum Gasteiger partial charge on any atom is -0.472 e. The number of hydrogen-bond acceptors (Lipinski definition) is 6. The van der Waals surface area contributed by atoms with E-state index in [0.29, 0.717) is 23.0 Å². The summed E-state index contributed by atoms with van der Waals surface area (Å²) in [5.41, 5.74) is 1.62. The molecule has 9 heteroatoms. The van der Waals surface area contributed by atoms with Gasteiger partial charge in [0.1, 0.15) is 29.7 Å². The smallest absolute Gasteiger partial charge is 0.264 e. The molecule has 7 nitrogen and oxygen atoms in total. The second-order valence-electron chi connectivity index (χ2n) is 9.09. The van der Waals surface area contributed by atoms with Crippen LogP contribution in [0.3, 0.4) is 0 Å². The third-order valence-electron chi connectivity index (χ3n) is 5.71. The van der Waals surface area contributed by atoms with E-state index < -0.39 is 17.2 Å². The summed E-state index contributed by atoms with van der Waals surface area (Å²) < 4.78 is 34.2. The molecule has 1 N–H and O–H groups in total. The van der Waals surface area contributed by atoms with E-state index in [2.05, 4.69) is 15.0 Å². The summed E-state index contributed by atoms with van der Waals surface area (Å²) in [6.45, 7) is 8.15. The topological polar surface area (TPSA) is 90.1 Å². The number of aliphatic hydroxyl groups is 1. The van der Waals surface area contributed by atoms with Crippen LogP contribution in [0.1, 0.15) is 42.2 Å². The Bertz CT molecular complexity index is 1510. The highest BCUT2D eigenvalue weighted by Gasteiger charge is 2.21. The monoisotopic (exact) mass is 492 g/mol. The average Bonchev–Trinajstić information content (AvgIpc) is 2.81. The van der Waals surface area contributed by atoms with Gasteiger partial charge in [-0.3, -0.25) is 9.36 Å². The Balaban J connectivity index is 1.70. The van der Waals surface area contributed by atoms with Crippen LogP contribution < -0.4 is 10.3 Å². The molecular weight excluding hydrogens is 466 g/mol. The molecule has 0 unspecified atom stereocenters. The highest BCUT2D eigenvalue weighted by atomic mass is 19.1. The van der Waals surface area contributed by atoms with E-state index in [-0.39, 0.29) is 29.2 Å². The lowest BCUT2D eigenvalue weighted by Gasteiger charge is -2.18. The van der Waals surface area contributed by atoms with Crippen molar-refractivity contribution in [2.75, 3.05) is 0 Å². The number of rotatable bonds is 6. The fourth-order valence-electron chi connectivity index (χ4n) is 3.74. The van der Waals surface area contributed by atoms with Crippen LogP contribution in [-0.2, 0) is 12.2 Å². The second kappa shape index (κ2) is 9.58. The van der Waals surface area contributed by atoms with Crippen molar-refractivity contribution in [2.45, 2.75) is 46.8 Å². The van der Waals surface area contributed by atoms with Crippen LogP contribution in [0.2, 0.25) is 0 Å². The average molecular weight is 493 g/mol. The van der Waals surface area contributed by atoms with Gasteiger partial charge in [0, 0.05) is 23.4 Å². The predicted molar refractivity (Wildman–Crippen MR) is 131 cm³/mol. The molecule has 2 aromatic heterocycles. The zero-order valence-electron chi connectivity index (χ0n) is 20.6. The molecule has 0 bridgehead atoms. The van der Waals surface area contributed by atoms with Gasteiger partial charge in [-0.25, -0.2) is 18.7 Å². The molecule has 0 aliphatic heterocycles. The first-order valence-corrected chi connectivity index (χ1v) is 11.3. The van der Waals surface area contributed by atoms with Crippen LogP contribution in [0.15, 0.2) is 53.5 Å². The van der Waals surface area contributed by atoms with Gasteiger partial charge in [0.25, 0.3) is 5.56 Å². The van der Waals surface area contributed by atoms with E-state index in [9.17, 15) is 18.7 Å². The number of aryl methyl sites for hydroxylation is 2. The van der Waals surface area contributed by atoms with E-state index in [4.69, 9.17) is 4.74 Å². The lowest BCUT2D eigenvalue weighted by molar-refractivity contribution is 0.0688. The van der Waals surface area contributed by atoms with Gasteiger partial charge in [-0.15, -0.1) is 0 Å². The zero-order valence-corrected chi connectivity index (χ0v) is 20.6. The predicted octanol–water partition coefficient (Wildman–Crippen LogP) is 4.70. The van der Waals surface area contributed by atoms with Crippen LogP contribution >= 0.6 is 0 Å². The minimum atomic E-state index is -1.21. The van der Waals surface area contributed by atoms with Gasteiger partial charge >= 0.3 is 0 Å². The number of benzene rings is 2. The first-order chi connectivity index (χ1) is 17.0. The molecule has 0 amide bonds. The van der Waals surface area contributed by atoms with Crippen molar-refractivity contribution in [2.24, 2.45) is 0 Å². The van der Waals surface area contributed by atoms with Gasteiger partial charge in [-0.2, -0.15) is 4.98 Å². The van der Waals surface area contributed by atoms with E-state index >= 15 is 0 Å². The lowest BCUT2D eigenvalue weighted by atomic mass is 10.0. The highest BCUT2D eigenvalue weighted by Crippen LogP contribution is 2.26. The molecule has 0 aliphatic carbocycles. The standard InChI is InChI=1S/C27H26F2N4O3/c1-15-13-30-26(27(4,5)35)32-23(15)18-7-6-8-21(11-18)33-17(3)31-24(16(2)25(33)34)36-14-19-9-10-20(28)12-22(19)29/h6-13,35H,14H2,1-5H3. The van der Waals surface area contributed by atoms with Gasteiger partial charge < -0.3 is 9.84 Å². The quantitative estimate of drug-likeness (QED) is 0.420. The maximum Gasteiger partial charge on any atom is 0.264 e. The third-order valence-corrected chi connectivity index (χ3v) is 5.71. The largest absolute Gasteiger partial charge is 0.472 e. The molecule has 0 spiro atoms. The van der Waals surface area contributed by atoms with E-state index in [0.717, 1.165) is 23.3 Å². The van der Waals surface area contributed by atoms with Crippen LogP contribution in [0.5, 0.6) is 5.88 Å². The number of aromatic nitrogens is 4. The first kappa shape index (κ1) is 25.1. The minimum absolute atomic E-state index is 0.0788. The SMILES string of the molecule is Cc1cnc(C(C)(C)O)nc1-c1cccc(-n2c(C)nc(OCc3ccc(F)cc3F)c(C)c2=O)c1. The van der Waals surface area contributed by atoms with Gasteiger partial charge in [0.15, 0.2) is 5.82 Å². The fraction of sp³-hybridized carbons (Fsp3) is 0.259. The van der Waals surface area contributed by atoms with Gasteiger partial charge in [0.05, 0.1) is 16.9 Å². The van der Waals surface area contributed by atoms with E-state index in [1.807, 2.05) is 19.1 Å². The molecule has 4 aromatic rings. The second-order valence-corrected chi connectivity index (χ2v) is 9.09. The number of ether oxygens (including phenoxy) is 1. The highest BCUT2D eigenvalue weighted by molar-refractivity contribution is 5.65. The normalized spacial score (nSPS) is 11.6. The molecule has 0 radical (unpaired) electrons. The zero-order chi connectivity index (χ0) is 26.2. The Kier molecular flexibility index (Phi) is 6.69. The molecule has 36 heavy (non-hydrogen) atoms. The van der Waals surface area contributed by atoms with Gasteiger partial charge in [-0.05, 0) is 64.4 Å². The molecule has 0 fully saturated rings. The summed E-state index contributed by atoms with van der Waals surface area (Å²) >= 11 is 0. The van der Waals surface area contributed by atoms with Crippen molar-refractivity contribution in [3.05, 3.63) is 99.0 Å².